The van der Waals surface area contributed by atoms with E-state index in [1.165, 1.54) is 12.4 Å². The quantitative estimate of drug-likeness (QED) is 0.922. The van der Waals surface area contributed by atoms with E-state index < -0.39 is 0 Å². The van der Waals surface area contributed by atoms with Crippen molar-refractivity contribution in [3.8, 4) is 6.07 Å². The Balaban J connectivity index is 1.71. The molecule has 1 aromatic heterocycles. The number of carbonyl (C=O) groups excluding carboxylic acids is 1. The lowest BCUT2D eigenvalue weighted by atomic mass is 10.2. The SMILES string of the molecule is N#Cc1ccccc1NC(=O)c1cnc(N2CCOCC2)nc1. The molecule has 1 N–H and O–H groups in total. The second-order valence-electron chi connectivity index (χ2n) is 4.98. The summed E-state index contributed by atoms with van der Waals surface area (Å²) in [6, 6.07) is 8.87. The fraction of sp³-hybridized carbons (Fsp3) is 0.250. The van der Waals surface area contributed by atoms with Crippen molar-refractivity contribution >= 4 is 17.5 Å². The van der Waals surface area contributed by atoms with Crippen molar-refractivity contribution in [3.63, 3.8) is 0 Å². The number of hydrogen-bond acceptors (Lipinski definition) is 6. The predicted octanol–water partition coefficient (Wildman–Crippen LogP) is 1.44. The van der Waals surface area contributed by atoms with Crippen molar-refractivity contribution in [2.75, 3.05) is 36.5 Å². The summed E-state index contributed by atoms with van der Waals surface area (Å²) in [6.45, 7) is 2.77. The number of nitrogens with zero attached hydrogens (tertiary/aromatic N) is 4. The molecule has 1 amide bonds. The summed E-state index contributed by atoms with van der Waals surface area (Å²) in [7, 11) is 0. The summed E-state index contributed by atoms with van der Waals surface area (Å²) >= 11 is 0. The van der Waals surface area contributed by atoms with Crippen molar-refractivity contribution < 1.29 is 9.53 Å². The Kier molecular flexibility index (Phi) is 4.45. The first kappa shape index (κ1) is 14.9. The molecule has 1 saturated heterocycles. The van der Waals surface area contributed by atoms with E-state index in [1.807, 2.05) is 11.0 Å². The maximum atomic E-state index is 12.2. The number of morpholine rings is 1. The Hall–Kier alpha value is -2.98. The van der Waals surface area contributed by atoms with Crippen LogP contribution in [0, 0.1) is 11.3 Å². The van der Waals surface area contributed by atoms with Crippen molar-refractivity contribution in [3.05, 3.63) is 47.8 Å². The smallest absolute Gasteiger partial charge is 0.258 e. The Morgan fingerprint density at radius 2 is 1.91 bits per heavy atom. The highest BCUT2D eigenvalue weighted by Crippen LogP contribution is 2.15. The number of aromatic nitrogens is 2. The molecule has 1 fully saturated rings. The molecule has 116 valence electrons. The van der Waals surface area contributed by atoms with E-state index in [0.29, 0.717) is 36.0 Å². The zero-order valence-corrected chi connectivity index (χ0v) is 12.4. The highest BCUT2D eigenvalue weighted by atomic mass is 16.5. The summed E-state index contributed by atoms with van der Waals surface area (Å²) in [5.41, 5.74) is 1.22. The number of nitrogens with one attached hydrogen (secondary N) is 1. The van der Waals surface area contributed by atoms with E-state index in [0.717, 1.165) is 13.1 Å². The molecule has 3 rings (SSSR count). The molecule has 0 unspecified atom stereocenters. The number of nitriles is 1. The van der Waals surface area contributed by atoms with Gasteiger partial charge in [0.05, 0.1) is 30.0 Å². The lowest BCUT2D eigenvalue weighted by Crippen LogP contribution is -2.37. The number of ether oxygens (including phenoxy) is 1. The van der Waals surface area contributed by atoms with Crippen LogP contribution < -0.4 is 10.2 Å². The number of benzene rings is 1. The van der Waals surface area contributed by atoms with Gasteiger partial charge < -0.3 is 15.0 Å². The van der Waals surface area contributed by atoms with Gasteiger partial charge in [-0.1, -0.05) is 12.1 Å². The first-order valence-corrected chi connectivity index (χ1v) is 7.23. The largest absolute Gasteiger partial charge is 0.378 e. The molecule has 23 heavy (non-hydrogen) atoms. The number of rotatable bonds is 3. The third-order valence-corrected chi connectivity index (χ3v) is 3.49. The van der Waals surface area contributed by atoms with Gasteiger partial charge in [0.1, 0.15) is 6.07 Å². The molecule has 7 heteroatoms. The number of hydrogen-bond donors (Lipinski definition) is 1. The van der Waals surface area contributed by atoms with Crippen LogP contribution in [0.2, 0.25) is 0 Å². The molecule has 0 atom stereocenters. The molecule has 1 aliphatic rings. The molecular weight excluding hydrogens is 294 g/mol. The van der Waals surface area contributed by atoms with E-state index in [1.54, 1.807) is 24.3 Å². The first-order valence-electron chi connectivity index (χ1n) is 7.23. The normalized spacial score (nSPS) is 14.1. The van der Waals surface area contributed by atoms with Gasteiger partial charge in [0.25, 0.3) is 5.91 Å². The third-order valence-electron chi connectivity index (χ3n) is 3.49. The number of amides is 1. The Bertz CT molecular complexity index is 733. The van der Waals surface area contributed by atoms with Gasteiger partial charge in [-0.05, 0) is 12.1 Å². The topological polar surface area (TPSA) is 91.1 Å². The minimum atomic E-state index is -0.346. The van der Waals surface area contributed by atoms with E-state index in [9.17, 15) is 4.79 Å². The van der Waals surface area contributed by atoms with Gasteiger partial charge in [0.15, 0.2) is 0 Å². The summed E-state index contributed by atoms with van der Waals surface area (Å²) < 4.78 is 5.28. The van der Waals surface area contributed by atoms with Gasteiger partial charge in [0, 0.05) is 25.5 Å². The third kappa shape index (κ3) is 3.44. The number of anilines is 2. The van der Waals surface area contributed by atoms with Crippen LogP contribution in [0.4, 0.5) is 11.6 Å². The fourth-order valence-electron chi connectivity index (χ4n) is 2.25. The Morgan fingerprint density at radius 1 is 1.22 bits per heavy atom. The molecule has 0 spiro atoms. The molecule has 1 aromatic carbocycles. The van der Waals surface area contributed by atoms with Crippen LogP contribution in [0.3, 0.4) is 0 Å². The fourth-order valence-corrected chi connectivity index (χ4v) is 2.25. The lowest BCUT2D eigenvalue weighted by molar-refractivity contribution is 0.102. The van der Waals surface area contributed by atoms with Gasteiger partial charge in [-0.2, -0.15) is 5.26 Å². The lowest BCUT2D eigenvalue weighted by Gasteiger charge is -2.26. The van der Waals surface area contributed by atoms with Crippen LogP contribution in [0.5, 0.6) is 0 Å². The Morgan fingerprint density at radius 3 is 2.61 bits per heavy atom. The van der Waals surface area contributed by atoms with Crippen LogP contribution in [-0.2, 0) is 4.74 Å². The van der Waals surface area contributed by atoms with Gasteiger partial charge in [-0.25, -0.2) is 9.97 Å². The Labute approximate surface area is 133 Å². The zero-order valence-electron chi connectivity index (χ0n) is 12.4. The maximum absolute atomic E-state index is 12.2. The van der Waals surface area contributed by atoms with E-state index in [-0.39, 0.29) is 5.91 Å². The monoisotopic (exact) mass is 309 g/mol. The molecule has 2 heterocycles. The van der Waals surface area contributed by atoms with E-state index >= 15 is 0 Å². The van der Waals surface area contributed by atoms with Gasteiger partial charge >= 0.3 is 0 Å². The second kappa shape index (κ2) is 6.85. The summed E-state index contributed by atoms with van der Waals surface area (Å²) in [5.74, 6) is 0.239. The molecular formula is C16H15N5O2. The van der Waals surface area contributed by atoms with E-state index in [2.05, 4.69) is 15.3 Å². The van der Waals surface area contributed by atoms with Crippen LogP contribution in [0.15, 0.2) is 36.7 Å². The molecule has 1 aliphatic heterocycles. The molecule has 0 radical (unpaired) electrons. The van der Waals surface area contributed by atoms with Gasteiger partial charge in [0.2, 0.25) is 5.95 Å². The zero-order chi connectivity index (χ0) is 16.1. The van der Waals surface area contributed by atoms with Crippen molar-refractivity contribution in [1.29, 1.82) is 5.26 Å². The minimum Gasteiger partial charge on any atom is -0.378 e. The average Bonchev–Trinajstić information content (AvgIpc) is 2.63. The first-order chi connectivity index (χ1) is 11.3. The summed E-state index contributed by atoms with van der Waals surface area (Å²) in [4.78, 5) is 22.7. The molecule has 7 nitrogen and oxygen atoms in total. The highest BCUT2D eigenvalue weighted by Gasteiger charge is 2.15. The van der Waals surface area contributed by atoms with E-state index in [4.69, 9.17) is 10.00 Å². The molecule has 0 aliphatic carbocycles. The highest BCUT2D eigenvalue weighted by molar-refractivity contribution is 6.04. The van der Waals surface area contributed by atoms with Crippen LogP contribution >= 0.6 is 0 Å². The number of para-hydroxylation sites is 1. The molecule has 0 bridgehead atoms. The predicted molar refractivity (Wildman–Crippen MR) is 84.2 cm³/mol. The van der Waals surface area contributed by atoms with Crippen LogP contribution in [-0.4, -0.2) is 42.2 Å². The summed E-state index contributed by atoms with van der Waals surface area (Å²) in [6.07, 6.45) is 2.98. The minimum absolute atomic E-state index is 0.342. The van der Waals surface area contributed by atoms with Crippen molar-refractivity contribution in [1.82, 2.24) is 9.97 Å². The average molecular weight is 309 g/mol. The van der Waals surface area contributed by atoms with Crippen molar-refractivity contribution in [2.45, 2.75) is 0 Å². The second-order valence-corrected chi connectivity index (χ2v) is 4.98. The summed E-state index contributed by atoms with van der Waals surface area (Å²) in [5, 5.41) is 11.7. The molecule has 0 saturated carbocycles. The van der Waals surface area contributed by atoms with Gasteiger partial charge in [-0.3, -0.25) is 4.79 Å². The standard InChI is InChI=1S/C16H15N5O2/c17-9-12-3-1-2-4-14(12)20-15(22)13-10-18-16(19-11-13)21-5-7-23-8-6-21/h1-4,10-11H,5-8H2,(H,20,22). The van der Waals surface area contributed by atoms with Gasteiger partial charge in [-0.15, -0.1) is 0 Å². The molecule has 2 aromatic rings. The van der Waals surface area contributed by atoms with Crippen LogP contribution in [0.1, 0.15) is 15.9 Å². The van der Waals surface area contributed by atoms with Crippen molar-refractivity contribution in [2.24, 2.45) is 0 Å². The maximum Gasteiger partial charge on any atom is 0.258 e. The van der Waals surface area contributed by atoms with Crippen LogP contribution in [0.25, 0.3) is 0 Å². The number of carbonyl (C=O) groups is 1.